The van der Waals surface area contributed by atoms with Crippen molar-refractivity contribution in [1.29, 1.82) is 0 Å². The average molecular weight is 379 g/mol. The number of hydrogen-bond donors (Lipinski definition) is 2. The number of fused-ring (bicyclic) bond motifs is 1. The highest BCUT2D eigenvalue weighted by atomic mass is 35.5. The molecule has 4 aromatic rings. The van der Waals surface area contributed by atoms with Gasteiger partial charge in [-0.2, -0.15) is 10.2 Å². The SMILES string of the molecule is Nc1cc(Cl)c(-c2cc(Cc3nncc4ccccc34)ccc2F)cc1N. The second-order valence-electron chi connectivity index (χ2n) is 6.33. The Kier molecular flexibility index (Phi) is 4.38. The summed E-state index contributed by atoms with van der Waals surface area (Å²) in [6, 6.07) is 15.9. The first-order chi connectivity index (χ1) is 13.0. The Bertz CT molecular complexity index is 1150. The zero-order valence-electron chi connectivity index (χ0n) is 14.3. The van der Waals surface area contributed by atoms with Crippen LogP contribution in [-0.4, -0.2) is 10.2 Å². The van der Waals surface area contributed by atoms with E-state index >= 15 is 0 Å². The van der Waals surface area contributed by atoms with Crippen molar-refractivity contribution < 1.29 is 4.39 Å². The zero-order valence-corrected chi connectivity index (χ0v) is 15.0. The van der Waals surface area contributed by atoms with E-state index in [9.17, 15) is 4.39 Å². The van der Waals surface area contributed by atoms with Crippen molar-refractivity contribution in [3.8, 4) is 11.1 Å². The van der Waals surface area contributed by atoms with E-state index in [0.717, 1.165) is 22.0 Å². The number of aromatic nitrogens is 2. The van der Waals surface area contributed by atoms with Gasteiger partial charge in [-0.15, -0.1) is 0 Å². The number of benzene rings is 3. The third-order valence-electron chi connectivity index (χ3n) is 4.51. The van der Waals surface area contributed by atoms with E-state index in [4.69, 9.17) is 23.1 Å². The Morgan fingerprint density at radius 3 is 2.56 bits per heavy atom. The van der Waals surface area contributed by atoms with Crippen molar-refractivity contribution >= 4 is 33.7 Å². The molecule has 0 aliphatic carbocycles. The minimum atomic E-state index is -0.381. The predicted octanol–water partition coefficient (Wildman–Crippen LogP) is 4.84. The van der Waals surface area contributed by atoms with Crippen molar-refractivity contribution in [3.63, 3.8) is 0 Å². The summed E-state index contributed by atoms with van der Waals surface area (Å²) in [5.41, 5.74) is 15.0. The number of hydrogen-bond acceptors (Lipinski definition) is 4. The topological polar surface area (TPSA) is 77.8 Å². The number of halogens is 2. The maximum absolute atomic E-state index is 14.5. The van der Waals surface area contributed by atoms with Crippen LogP contribution in [0.1, 0.15) is 11.3 Å². The van der Waals surface area contributed by atoms with Gasteiger partial charge in [0, 0.05) is 28.3 Å². The largest absolute Gasteiger partial charge is 0.397 e. The molecule has 0 aliphatic rings. The highest BCUT2D eigenvalue weighted by Crippen LogP contribution is 2.35. The molecule has 0 saturated carbocycles. The summed E-state index contributed by atoms with van der Waals surface area (Å²) >= 11 is 6.27. The fourth-order valence-electron chi connectivity index (χ4n) is 3.11. The molecular weight excluding hydrogens is 363 g/mol. The van der Waals surface area contributed by atoms with E-state index in [0.29, 0.717) is 33.9 Å². The molecule has 6 heteroatoms. The van der Waals surface area contributed by atoms with E-state index in [2.05, 4.69) is 10.2 Å². The first-order valence-corrected chi connectivity index (χ1v) is 8.73. The van der Waals surface area contributed by atoms with Gasteiger partial charge in [-0.1, -0.05) is 41.9 Å². The van der Waals surface area contributed by atoms with Crippen LogP contribution in [0.5, 0.6) is 0 Å². The lowest BCUT2D eigenvalue weighted by atomic mass is 9.98. The van der Waals surface area contributed by atoms with Gasteiger partial charge >= 0.3 is 0 Å². The van der Waals surface area contributed by atoms with Crippen molar-refractivity contribution in [2.75, 3.05) is 11.5 Å². The second kappa shape index (κ2) is 6.85. The molecule has 0 bridgehead atoms. The van der Waals surface area contributed by atoms with Crippen LogP contribution in [0, 0.1) is 5.82 Å². The van der Waals surface area contributed by atoms with E-state index in [1.54, 1.807) is 24.4 Å². The lowest BCUT2D eigenvalue weighted by Gasteiger charge is -2.11. The first kappa shape index (κ1) is 17.2. The van der Waals surface area contributed by atoms with Gasteiger partial charge in [-0.25, -0.2) is 4.39 Å². The number of nitrogens with zero attached hydrogens (tertiary/aromatic N) is 2. The van der Waals surface area contributed by atoms with Crippen molar-refractivity contribution in [2.45, 2.75) is 6.42 Å². The first-order valence-electron chi connectivity index (χ1n) is 8.35. The Hall–Kier alpha value is -3.18. The van der Waals surface area contributed by atoms with Gasteiger partial charge in [0.25, 0.3) is 0 Å². The summed E-state index contributed by atoms with van der Waals surface area (Å²) in [6.07, 6.45) is 2.25. The highest BCUT2D eigenvalue weighted by molar-refractivity contribution is 6.33. The standard InChI is InChI=1S/C21H16ClFN4/c22-17-10-20(25)19(24)9-15(17)16-7-12(5-6-18(16)23)8-21-14-4-2-1-3-13(14)11-26-27-21/h1-7,9-11H,8,24-25H2. The average Bonchev–Trinajstić information content (AvgIpc) is 2.67. The van der Waals surface area contributed by atoms with Crippen LogP contribution in [0.4, 0.5) is 15.8 Å². The van der Waals surface area contributed by atoms with Gasteiger partial charge in [-0.3, -0.25) is 0 Å². The molecular formula is C21H16ClFN4. The van der Waals surface area contributed by atoms with Gasteiger partial charge in [0.05, 0.1) is 28.3 Å². The molecule has 0 saturated heterocycles. The molecule has 4 N–H and O–H groups in total. The molecule has 1 aromatic heterocycles. The molecule has 3 aromatic carbocycles. The summed E-state index contributed by atoms with van der Waals surface area (Å²) < 4.78 is 14.5. The molecule has 1 heterocycles. The highest BCUT2D eigenvalue weighted by Gasteiger charge is 2.13. The maximum Gasteiger partial charge on any atom is 0.131 e. The summed E-state index contributed by atoms with van der Waals surface area (Å²) in [5.74, 6) is -0.381. The summed E-state index contributed by atoms with van der Waals surface area (Å²) in [6.45, 7) is 0. The van der Waals surface area contributed by atoms with E-state index in [-0.39, 0.29) is 5.82 Å². The summed E-state index contributed by atoms with van der Waals surface area (Å²) in [4.78, 5) is 0. The number of nitrogen functional groups attached to an aromatic ring is 2. The van der Waals surface area contributed by atoms with Gasteiger partial charge < -0.3 is 11.5 Å². The van der Waals surface area contributed by atoms with Crippen LogP contribution in [-0.2, 0) is 6.42 Å². The molecule has 27 heavy (non-hydrogen) atoms. The minimum Gasteiger partial charge on any atom is -0.397 e. The Labute approximate surface area is 160 Å². The maximum atomic E-state index is 14.5. The Balaban J connectivity index is 1.78. The molecule has 134 valence electrons. The third kappa shape index (κ3) is 3.29. The van der Waals surface area contributed by atoms with Gasteiger partial charge in [0.2, 0.25) is 0 Å². The van der Waals surface area contributed by atoms with Crippen molar-refractivity contribution in [3.05, 3.63) is 82.9 Å². The van der Waals surface area contributed by atoms with Crippen LogP contribution in [0.15, 0.2) is 60.8 Å². The number of anilines is 2. The number of rotatable bonds is 3. The van der Waals surface area contributed by atoms with Crippen LogP contribution in [0.2, 0.25) is 5.02 Å². The molecule has 0 atom stereocenters. The molecule has 4 nitrogen and oxygen atoms in total. The fraction of sp³-hybridized carbons (Fsp3) is 0.0476. The lowest BCUT2D eigenvalue weighted by Crippen LogP contribution is -1.99. The van der Waals surface area contributed by atoms with Crippen molar-refractivity contribution in [2.24, 2.45) is 0 Å². The van der Waals surface area contributed by atoms with E-state index in [1.165, 1.54) is 12.1 Å². The van der Waals surface area contributed by atoms with E-state index < -0.39 is 0 Å². The monoisotopic (exact) mass is 378 g/mol. The lowest BCUT2D eigenvalue weighted by molar-refractivity contribution is 0.630. The number of nitrogens with two attached hydrogens (primary N) is 2. The zero-order chi connectivity index (χ0) is 19.0. The van der Waals surface area contributed by atoms with Gasteiger partial charge in [0.1, 0.15) is 5.82 Å². The quantitative estimate of drug-likeness (QED) is 0.500. The van der Waals surface area contributed by atoms with Gasteiger partial charge in [0.15, 0.2) is 0 Å². The van der Waals surface area contributed by atoms with Gasteiger partial charge in [-0.05, 0) is 29.8 Å². The van der Waals surface area contributed by atoms with Crippen LogP contribution in [0.25, 0.3) is 21.9 Å². The van der Waals surface area contributed by atoms with Crippen LogP contribution >= 0.6 is 11.6 Å². The Morgan fingerprint density at radius 1 is 0.926 bits per heavy atom. The minimum absolute atomic E-state index is 0.350. The summed E-state index contributed by atoms with van der Waals surface area (Å²) in [7, 11) is 0. The molecule has 0 aliphatic heterocycles. The normalized spacial score (nSPS) is 11.0. The molecule has 4 rings (SSSR count). The smallest absolute Gasteiger partial charge is 0.131 e. The van der Waals surface area contributed by atoms with Crippen LogP contribution in [0.3, 0.4) is 0 Å². The fourth-order valence-corrected chi connectivity index (χ4v) is 3.39. The predicted molar refractivity (Wildman–Crippen MR) is 108 cm³/mol. The molecule has 0 radical (unpaired) electrons. The van der Waals surface area contributed by atoms with E-state index in [1.807, 2.05) is 24.3 Å². The molecule has 0 fully saturated rings. The van der Waals surface area contributed by atoms with Crippen molar-refractivity contribution in [1.82, 2.24) is 10.2 Å². The second-order valence-corrected chi connectivity index (χ2v) is 6.74. The molecule has 0 amide bonds. The Morgan fingerprint density at radius 2 is 1.70 bits per heavy atom. The third-order valence-corrected chi connectivity index (χ3v) is 4.82. The molecule has 0 unspecified atom stereocenters. The van der Waals surface area contributed by atoms with Crippen LogP contribution < -0.4 is 11.5 Å². The molecule has 0 spiro atoms. The summed E-state index contributed by atoms with van der Waals surface area (Å²) in [5, 5.41) is 10.7.